The molecule has 2 aromatic rings. The molecule has 0 fully saturated rings. The van der Waals surface area contributed by atoms with Crippen LogP contribution in [0, 0.1) is 0 Å². The minimum atomic E-state index is -0.567. The highest BCUT2D eigenvalue weighted by molar-refractivity contribution is 7.99. The number of unbranched alkanes of at least 4 members (excludes halogenated alkanes) is 1. The highest BCUT2D eigenvalue weighted by Crippen LogP contribution is 2.24. The van der Waals surface area contributed by atoms with Gasteiger partial charge in [0, 0.05) is 33.9 Å². The number of hydrogen-bond acceptors (Lipinski definition) is 3. The average molecular weight is 516 g/mol. The molecule has 1 N–H and O–H groups in total. The predicted molar refractivity (Wildman–Crippen MR) is 137 cm³/mol. The van der Waals surface area contributed by atoms with Crippen LogP contribution in [0.15, 0.2) is 42.5 Å². The minimum absolute atomic E-state index is 0.104. The third kappa shape index (κ3) is 8.51. The number of carbonyl (C=O) groups excluding carboxylic acids is 2. The van der Waals surface area contributed by atoms with E-state index in [0.29, 0.717) is 33.8 Å². The molecule has 8 heteroatoms. The van der Waals surface area contributed by atoms with Crippen LogP contribution in [0.3, 0.4) is 0 Å². The van der Waals surface area contributed by atoms with Gasteiger partial charge in [-0.2, -0.15) is 0 Å². The van der Waals surface area contributed by atoms with E-state index in [1.165, 1.54) is 11.8 Å². The van der Waals surface area contributed by atoms with Crippen LogP contribution in [0.25, 0.3) is 0 Å². The molecule has 0 aliphatic carbocycles. The number of nitrogens with zero attached hydrogens (tertiary/aromatic N) is 1. The first-order chi connectivity index (χ1) is 15.3. The van der Waals surface area contributed by atoms with Gasteiger partial charge in [-0.25, -0.2) is 0 Å². The van der Waals surface area contributed by atoms with Crippen LogP contribution in [-0.2, 0) is 21.9 Å². The first kappa shape index (κ1) is 26.8. The number of carbonyl (C=O) groups is 2. The Balaban J connectivity index is 2.14. The normalized spacial score (nSPS) is 11.8. The summed E-state index contributed by atoms with van der Waals surface area (Å²) < 4.78 is 0. The summed E-state index contributed by atoms with van der Waals surface area (Å²) in [6.45, 7) is 4.82. The van der Waals surface area contributed by atoms with Gasteiger partial charge in [0.05, 0.1) is 5.75 Å². The summed E-state index contributed by atoms with van der Waals surface area (Å²) in [6.07, 6.45) is 2.40. The fourth-order valence-corrected chi connectivity index (χ4v) is 4.64. The molecule has 0 unspecified atom stereocenters. The van der Waals surface area contributed by atoms with Crippen LogP contribution < -0.4 is 5.32 Å². The van der Waals surface area contributed by atoms with Crippen LogP contribution in [0.4, 0.5) is 0 Å². The van der Waals surface area contributed by atoms with Crippen molar-refractivity contribution < 1.29 is 9.59 Å². The Morgan fingerprint density at radius 1 is 1.03 bits per heavy atom. The van der Waals surface area contributed by atoms with Crippen molar-refractivity contribution >= 4 is 58.4 Å². The molecule has 0 spiro atoms. The Kier molecular flexibility index (Phi) is 11.7. The van der Waals surface area contributed by atoms with Crippen LogP contribution in [0.5, 0.6) is 0 Å². The predicted octanol–water partition coefficient (Wildman–Crippen LogP) is 6.60. The van der Waals surface area contributed by atoms with E-state index in [4.69, 9.17) is 34.8 Å². The molecule has 32 heavy (non-hydrogen) atoms. The van der Waals surface area contributed by atoms with Crippen molar-refractivity contribution in [3.8, 4) is 0 Å². The molecule has 0 saturated heterocycles. The molecule has 0 bridgehead atoms. The molecular formula is C24H29Cl3N2O2S. The summed E-state index contributed by atoms with van der Waals surface area (Å²) in [4.78, 5) is 27.7. The monoisotopic (exact) mass is 514 g/mol. The molecule has 0 heterocycles. The molecule has 0 aliphatic heterocycles. The summed E-state index contributed by atoms with van der Waals surface area (Å²) in [5.41, 5.74) is 1.84. The van der Waals surface area contributed by atoms with E-state index in [0.717, 1.165) is 24.0 Å². The van der Waals surface area contributed by atoms with Gasteiger partial charge in [0.15, 0.2) is 0 Å². The fraction of sp³-hybridized carbons (Fsp3) is 0.417. The third-order valence-corrected chi connectivity index (χ3v) is 6.81. The lowest BCUT2D eigenvalue weighted by atomic mass is 10.1. The lowest BCUT2D eigenvalue weighted by molar-refractivity contribution is -0.139. The fourth-order valence-electron chi connectivity index (χ4n) is 3.18. The Morgan fingerprint density at radius 2 is 1.72 bits per heavy atom. The van der Waals surface area contributed by atoms with Crippen LogP contribution in [-0.4, -0.2) is 35.1 Å². The van der Waals surface area contributed by atoms with Crippen molar-refractivity contribution in [1.82, 2.24) is 10.2 Å². The van der Waals surface area contributed by atoms with Gasteiger partial charge < -0.3 is 10.2 Å². The number of thioether (sulfide) groups is 1. The maximum Gasteiger partial charge on any atom is 0.242 e. The number of halogens is 3. The molecule has 174 valence electrons. The average Bonchev–Trinajstić information content (AvgIpc) is 2.76. The second-order valence-electron chi connectivity index (χ2n) is 7.45. The smallest absolute Gasteiger partial charge is 0.242 e. The zero-order valence-electron chi connectivity index (χ0n) is 18.4. The molecule has 2 rings (SSSR count). The van der Waals surface area contributed by atoms with Crippen LogP contribution in [0.2, 0.25) is 15.1 Å². The van der Waals surface area contributed by atoms with E-state index in [-0.39, 0.29) is 24.1 Å². The van der Waals surface area contributed by atoms with E-state index >= 15 is 0 Å². The highest BCUT2D eigenvalue weighted by atomic mass is 35.5. The Morgan fingerprint density at radius 3 is 2.34 bits per heavy atom. The van der Waals surface area contributed by atoms with Crippen molar-refractivity contribution in [2.45, 2.75) is 51.4 Å². The Labute approximate surface area is 210 Å². The molecular weight excluding hydrogens is 487 g/mol. The lowest BCUT2D eigenvalue weighted by Gasteiger charge is -2.31. The number of amides is 2. The molecule has 0 saturated carbocycles. The molecule has 2 aromatic carbocycles. The quantitative estimate of drug-likeness (QED) is 0.324. The van der Waals surface area contributed by atoms with Crippen molar-refractivity contribution in [3.05, 3.63) is 68.7 Å². The molecule has 0 aromatic heterocycles. The minimum Gasteiger partial charge on any atom is -0.354 e. The van der Waals surface area contributed by atoms with Gasteiger partial charge in [-0.15, -0.1) is 11.8 Å². The SMILES string of the molecule is CCCCNC(=O)[C@@H](CC)N(Cc1ccc(Cl)cc1Cl)C(=O)CSCc1ccc(Cl)cc1. The summed E-state index contributed by atoms with van der Waals surface area (Å²) in [7, 11) is 0. The van der Waals surface area contributed by atoms with Gasteiger partial charge in [-0.1, -0.05) is 73.3 Å². The third-order valence-electron chi connectivity index (χ3n) is 4.98. The summed E-state index contributed by atoms with van der Waals surface area (Å²) in [5, 5.41) is 4.65. The van der Waals surface area contributed by atoms with E-state index < -0.39 is 6.04 Å². The van der Waals surface area contributed by atoms with Gasteiger partial charge in [0.2, 0.25) is 11.8 Å². The number of rotatable bonds is 12. The first-order valence-electron chi connectivity index (χ1n) is 10.7. The Bertz CT molecular complexity index is 893. The van der Waals surface area contributed by atoms with Crippen molar-refractivity contribution in [2.75, 3.05) is 12.3 Å². The largest absolute Gasteiger partial charge is 0.354 e. The number of hydrogen-bond donors (Lipinski definition) is 1. The lowest BCUT2D eigenvalue weighted by Crippen LogP contribution is -2.49. The zero-order valence-corrected chi connectivity index (χ0v) is 21.5. The zero-order chi connectivity index (χ0) is 23.5. The first-order valence-corrected chi connectivity index (χ1v) is 13.0. The summed E-state index contributed by atoms with van der Waals surface area (Å²) in [5.74, 6) is 0.694. The van der Waals surface area contributed by atoms with Gasteiger partial charge in [0.1, 0.15) is 6.04 Å². The van der Waals surface area contributed by atoms with Crippen molar-refractivity contribution in [3.63, 3.8) is 0 Å². The van der Waals surface area contributed by atoms with Crippen molar-refractivity contribution in [1.29, 1.82) is 0 Å². The molecule has 1 atom stereocenters. The molecule has 0 aliphatic rings. The maximum absolute atomic E-state index is 13.2. The summed E-state index contributed by atoms with van der Waals surface area (Å²) in [6, 6.07) is 12.2. The van der Waals surface area contributed by atoms with Gasteiger partial charge in [-0.3, -0.25) is 9.59 Å². The standard InChI is InChI=1S/C24H29Cl3N2O2S/c1-3-5-12-28-24(31)22(4-2)29(14-18-8-11-20(26)13-21(18)27)23(30)16-32-15-17-6-9-19(25)10-7-17/h6-11,13,22H,3-5,12,14-16H2,1-2H3,(H,28,31)/t22-/m1/s1. The topological polar surface area (TPSA) is 49.4 Å². The van der Waals surface area contributed by atoms with Crippen LogP contribution in [0.1, 0.15) is 44.2 Å². The van der Waals surface area contributed by atoms with E-state index in [2.05, 4.69) is 12.2 Å². The van der Waals surface area contributed by atoms with Crippen molar-refractivity contribution in [2.24, 2.45) is 0 Å². The van der Waals surface area contributed by atoms with E-state index in [9.17, 15) is 9.59 Å². The second-order valence-corrected chi connectivity index (χ2v) is 9.71. The molecule has 4 nitrogen and oxygen atoms in total. The highest BCUT2D eigenvalue weighted by Gasteiger charge is 2.28. The maximum atomic E-state index is 13.2. The van der Waals surface area contributed by atoms with E-state index in [1.807, 2.05) is 31.2 Å². The Hall–Kier alpha value is -1.40. The van der Waals surface area contributed by atoms with Gasteiger partial charge in [0.25, 0.3) is 0 Å². The summed E-state index contributed by atoms with van der Waals surface area (Å²) >= 11 is 19.8. The van der Waals surface area contributed by atoms with Gasteiger partial charge in [-0.05, 0) is 48.2 Å². The molecule has 0 radical (unpaired) electrons. The van der Waals surface area contributed by atoms with Gasteiger partial charge >= 0.3 is 0 Å². The van der Waals surface area contributed by atoms with Crippen LogP contribution >= 0.6 is 46.6 Å². The molecule has 2 amide bonds. The second kappa shape index (κ2) is 14.0. The van der Waals surface area contributed by atoms with E-state index in [1.54, 1.807) is 23.1 Å². The number of nitrogens with one attached hydrogen (secondary N) is 1. The number of benzene rings is 2.